The highest BCUT2D eigenvalue weighted by molar-refractivity contribution is 7.89. The number of imide groups is 1. The fraction of sp³-hybridized carbons (Fsp3) is 0.450. The lowest BCUT2D eigenvalue weighted by molar-refractivity contribution is -0.117. The lowest BCUT2D eigenvalue weighted by Crippen LogP contribution is -2.30. The average molecular weight is 466 g/mol. The van der Waals surface area contributed by atoms with Crippen molar-refractivity contribution in [3.05, 3.63) is 41.5 Å². The lowest BCUT2D eigenvalue weighted by atomic mass is 10.1. The highest BCUT2D eigenvalue weighted by Gasteiger charge is 2.31. The van der Waals surface area contributed by atoms with Crippen molar-refractivity contribution in [2.45, 2.75) is 32.2 Å². The van der Waals surface area contributed by atoms with Crippen LogP contribution < -0.4 is 19.7 Å². The first kappa shape index (κ1) is 22.2. The Morgan fingerprint density at radius 2 is 2.16 bits per heavy atom. The third-order valence-electron chi connectivity index (χ3n) is 5.17. The molecule has 1 saturated heterocycles. The number of carbonyl (C=O) groups is 2. The van der Waals surface area contributed by atoms with Gasteiger partial charge in [0.15, 0.2) is 11.6 Å². The SMILES string of the molecule is C[C@@H](NS(=O)(=O)CCc1coc(N2CC(=O)NC2=O)n1)c1ccc(F)c(OCC2CC2)c1. The molecule has 10 nitrogen and oxygen atoms in total. The minimum Gasteiger partial charge on any atom is -0.490 e. The van der Waals surface area contributed by atoms with E-state index in [2.05, 4.69) is 15.0 Å². The maximum Gasteiger partial charge on any atom is 0.332 e. The summed E-state index contributed by atoms with van der Waals surface area (Å²) in [6.07, 6.45) is 3.43. The van der Waals surface area contributed by atoms with Crippen molar-refractivity contribution in [1.82, 2.24) is 15.0 Å². The molecule has 0 spiro atoms. The van der Waals surface area contributed by atoms with E-state index in [0.29, 0.717) is 23.8 Å². The molecule has 2 heterocycles. The largest absolute Gasteiger partial charge is 0.490 e. The van der Waals surface area contributed by atoms with Gasteiger partial charge >= 0.3 is 12.0 Å². The number of oxazole rings is 1. The van der Waals surface area contributed by atoms with Gasteiger partial charge in [-0.15, -0.1) is 0 Å². The maximum absolute atomic E-state index is 14.0. The van der Waals surface area contributed by atoms with Gasteiger partial charge < -0.3 is 9.15 Å². The molecule has 172 valence electrons. The molecular weight excluding hydrogens is 443 g/mol. The summed E-state index contributed by atoms with van der Waals surface area (Å²) in [6.45, 7) is 1.90. The minimum atomic E-state index is -3.71. The number of benzene rings is 1. The molecule has 2 aromatic rings. The summed E-state index contributed by atoms with van der Waals surface area (Å²) in [5.41, 5.74) is 0.900. The molecule has 1 aromatic carbocycles. The number of hydrogen-bond acceptors (Lipinski definition) is 7. The number of hydrogen-bond donors (Lipinski definition) is 2. The monoisotopic (exact) mass is 466 g/mol. The fourth-order valence-corrected chi connectivity index (χ4v) is 4.43. The lowest BCUT2D eigenvalue weighted by Gasteiger charge is -2.16. The Kier molecular flexibility index (Phi) is 6.15. The number of anilines is 1. The Hall–Kier alpha value is -2.99. The zero-order chi connectivity index (χ0) is 22.9. The molecule has 1 atom stereocenters. The quantitative estimate of drug-likeness (QED) is 0.511. The summed E-state index contributed by atoms with van der Waals surface area (Å²) >= 11 is 0. The molecule has 1 aliphatic carbocycles. The second-order valence-electron chi connectivity index (χ2n) is 7.91. The molecule has 2 fully saturated rings. The number of nitrogens with zero attached hydrogens (tertiary/aromatic N) is 2. The van der Waals surface area contributed by atoms with E-state index in [9.17, 15) is 22.4 Å². The molecule has 0 unspecified atom stereocenters. The zero-order valence-corrected chi connectivity index (χ0v) is 18.2. The van der Waals surface area contributed by atoms with E-state index in [4.69, 9.17) is 9.15 Å². The molecule has 0 bridgehead atoms. The van der Waals surface area contributed by atoms with Gasteiger partial charge in [0.2, 0.25) is 15.9 Å². The van der Waals surface area contributed by atoms with Gasteiger partial charge in [0.25, 0.3) is 0 Å². The zero-order valence-electron chi connectivity index (χ0n) is 17.3. The van der Waals surface area contributed by atoms with Crippen molar-refractivity contribution in [2.24, 2.45) is 5.92 Å². The van der Waals surface area contributed by atoms with Gasteiger partial charge in [0.1, 0.15) is 12.8 Å². The second-order valence-corrected chi connectivity index (χ2v) is 9.79. The van der Waals surface area contributed by atoms with Crippen LogP contribution in [0.1, 0.15) is 37.1 Å². The molecule has 2 N–H and O–H groups in total. The molecule has 1 saturated carbocycles. The summed E-state index contributed by atoms with van der Waals surface area (Å²) < 4.78 is 52.3. The molecule has 4 rings (SSSR count). The number of ether oxygens (including phenoxy) is 1. The average Bonchev–Trinajstić information content (AvgIpc) is 3.33. The van der Waals surface area contributed by atoms with Crippen LogP contribution in [0.5, 0.6) is 5.75 Å². The number of halogens is 1. The predicted molar refractivity (Wildman–Crippen MR) is 111 cm³/mol. The first-order valence-corrected chi connectivity index (χ1v) is 11.8. The summed E-state index contributed by atoms with van der Waals surface area (Å²) in [6, 6.07) is 2.96. The van der Waals surface area contributed by atoms with Crippen molar-refractivity contribution < 1.29 is 31.6 Å². The summed E-state index contributed by atoms with van der Waals surface area (Å²) in [4.78, 5) is 28.0. The Morgan fingerprint density at radius 3 is 2.84 bits per heavy atom. The van der Waals surface area contributed by atoms with Crippen LogP contribution >= 0.6 is 0 Å². The molecule has 1 aliphatic heterocycles. The summed E-state index contributed by atoms with van der Waals surface area (Å²) in [5.74, 6) is -0.663. The third-order valence-corrected chi connectivity index (χ3v) is 6.63. The number of sulfonamides is 1. The second kappa shape index (κ2) is 8.87. The Bertz CT molecular complexity index is 1130. The van der Waals surface area contributed by atoms with E-state index in [1.165, 1.54) is 24.5 Å². The number of nitrogens with one attached hydrogen (secondary N) is 2. The van der Waals surface area contributed by atoms with Gasteiger partial charge in [-0.2, -0.15) is 4.98 Å². The summed E-state index contributed by atoms with van der Waals surface area (Å²) in [7, 11) is -3.71. The number of rotatable bonds is 10. The van der Waals surface area contributed by atoms with E-state index in [-0.39, 0.29) is 30.5 Å². The van der Waals surface area contributed by atoms with E-state index in [0.717, 1.165) is 17.7 Å². The van der Waals surface area contributed by atoms with Gasteiger partial charge in [-0.3, -0.25) is 10.1 Å². The van der Waals surface area contributed by atoms with Crippen LogP contribution in [0.25, 0.3) is 0 Å². The molecular formula is C20H23FN4O6S. The van der Waals surface area contributed by atoms with Gasteiger partial charge in [0, 0.05) is 12.5 Å². The highest BCUT2D eigenvalue weighted by atomic mass is 32.2. The maximum atomic E-state index is 14.0. The highest BCUT2D eigenvalue weighted by Crippen LogP contribution is 2.31. The Labute approximate surface area is 184 Å². The van der Waals surface area contributed by atoms with Gasteiger partial charge in [0.05, 0.1) is 18.1 Å². The van der Waals surface area contributed by atoms with Crippen molar-refractivity contribution >= 4 is 28.0 Å². The number of aromatic nitrogens is 1. The number of amides is 3. The van der Waals surface area contributed by atoms with Gasteiger partial charge in [-0.25, -0.2) is 27.2 Å². The van der Waals surface area contributed by atoms with Crippen LogP contribution in [0.3, 0.4) is 0 Å². The first-order chi connectivity index (χ1) is 15.2. The number of urea groups is 1. The van der Waals surface area contributed by atoms with Crippen molar-refractivity contribution in [2.75, 3.05) is 23.8 Å². The van der Waals surface area contributed by atoms with Crippen molar-refractivity contribution in [1.29, 1.82) is 0 Å². The number of aryl methyl sites for hydroxylation is 1. The van der Waals surface area contributed by atoms with Crippen LogP contribution in [0.15, 0.2) is 28.9 Å². The van der Waals surface area contributed by atoms with E-state index in [1.54, 1.807) is 6.92 Å². The van der Waals surface area contributed by atoms with Crippen LogP contribution in [0.4, 0.5) is 15.2 Å². The van der Waals surface area contributed by atoms with Crippen molar-refractivity contribution in [3.8, 4) is 5.75 Å². The van der Waals surface area contributed by atoms with Crippen molar-refractivity contribution in [3.63, 3.8) is 0 Å². The molecule has 0 radical (unpaired) electrons. The normalized spacial score (nSPS) is 17.5. The van der Waals surface area contributed by atoms with Gasteiger partial charge in [-0.1, -0.05) is 6.07 Å². The Morgan fingerprint density at radius 1 is 1.38 bits per heavy atom. The molecule has 3 amide bonds. The number of carbonyl (C=O) groups excluding carboxylic acids is 2. The minimum absolute atomic E-state index is 0.0358. The Balaban J connectivity index is 1.33. The smallest absolute Gasteiger partial charge is 0.332 e. The van der Waals surface area contributed by atoms with E-state index < -0.39 is 33.8 Å². The first-order valence-electron chi connectivity index (χ1n) is 10.2. The van der Waals surface area contributed by atoms with E-state index in [1.807, 2.05) is 0 Å². The van der Waals surface area contributed by atoms with Crippen LogP contribution in [0, 0.1) is 11.7 Å². The van der Waals surface area contributed by atoms with Crippen LogP contribution in [-0.2, 0) is 21.2 Å². The van der Waals surface area contributed by atoms with Crippen LogP contribution in [0.2, 0.25) is 0 Å². The topological polar surface area (TPSA) is 131 Å². The molecule has 32 heavy (non-hydrogen) atoms. The predicted octanol–water partition coefficient (Wildman–Crippen LogP) is 1.88. The molecule has 2 aliphatic rings. The van der Waals surface area contributed by atoms with Gasteiger partial charge in [-0.05, 0) is 43.4 Å². The fourth-order valence-electron chi connectivity index (χ4n) is 3.16. The standard InChI is InChI=1S/C20H23FN4O6S/c1-12(14-4-5-16(21)17(8-14)30-10-13-2-3-13)24-32(28,29)7-6-15-11-31-20(22-15)25-9-18(26)23-19(25)27/h4-5,8,11-13,24H,2-3,6-7,9-10H2,1H3,(H,23,26,27)/t12-/m1/s1. The summed E-state index contributed by atoms with van der Waals surface area (Å²) in [5, 5.41) is 2.10. The third kappa shape index (κ3) is 5.43. The molecule has 1 aromatic heterocycles. The van der Waals surface area contributed by atoms with E-state index >= 15 is 0 Å². The molecule has 12 heteroatoms. The van der Waals surface area contributed by atoms with Crippen LogP contribution in [-0.4, -0.2) is 44.2 Å².